The summed E-state index contributed by atoms with van der Waals surface area (Å²) in [5.41, 5.74) is -1.55. The van der Waals surface area contributed by atoms with Crippen LogP contribution in [0.1, 0.15) is 40.0 Å². The Bertz CT molecular complexity index is 556. The van der Waals surface area contributed by atoms with E-state index in [1.807, 2.05) is 20.8 Å². The molecule has 4 rings (SSSR count). The number of esters is 1. The maximum absolute atomic E-state index is 13.0. The van der Waals surface area contributed by atoms with E-state index in [4.69, 9.17) is 23.7 Å². The van der Waals surface area contributed by atoms with Crippen LogP contribution in [-0.2, 0) is 33.3 Å². The first-order valence-corrected chi connectivity index (χ1v) is 8.75. The number of methoxy groups -OCH3 is 2. The molecule has 3 saturated carbocycles. The van der Waals surface area contributed by atoms with Gasteiger partial charge in [0.15, 0.2) is 5.79 Å². The summed E-state index contributed by atoms with van der Waals surface area (Å²) in [4.78, 5) is 25.7. The number of fused-ring (bicyclic) bond motifs is 3. The molecule has 0 N–H and O–H groups in total. The average Bonchev–Trinajstić information content (AvgIpc) is 2.92. The van der Waals surface area contributed by atoms with Gasteiger partial charge < -0.3 is 23.7 Å². The third-order valence-electron chi connectivity index (χ3n) is 6.18. The lowest BCUT2D eigenvalue weighted by Crippen LogP contribution is -2.68. The summed E-state index contributed by atoms with van der Waals surface area (Å²) < 4.78 is 27.9. The highest BCUT2D eigenvalue weighted by molar-refractivity contribution is 5.91. The van der Waals surface area contributed by atoms with Crippen LogP contribution in [0.3, 0.4) is 0 Å². The van der Waals surface area contributed by atoms with Crippen LogP contribution in [-0.4, -0.2) is 56.9 Å². The fourth-order valence-corrected chi connectivity index (χ4v) is 4.88. The molecule has 3 aliphatic carbocycles. The molecule has 4 fully saturated rings. The zero-order valence-electron chi connectivity index (χ0n) is 15.6. The fraction of sp³-hybridized carbons (Fsp3) is 0.889. The second-order valence-electron chi connectivity index (χ2n) is 8.03. The molecule has 0 radical (unpaired) electrons. The molecule has 0 spiro atoms. The number of carbonyl (C=O) groups is 2. The first kappa shape index (κ1) is 18.8. The van der Waals surface area contributed by atoms with Gasteiger partial charge >= 0.3 is 5.97 Å². The lowest BCUT2D eigenvalue weighted by molar-refractivity contribution is -0.245. The van der Waals surface area contributed by atoms with E-state index in [-0.39, 0.29) is 37.0 Å². The Labute approximate surface area is 148 Å². The lowest BCUT2D eigenvalue weighted by atomic mass is 9.47. The van der Waals surface area contributed by atoms with Crippen molar-refractivity contribution < 1.29 is 33.3 Å². The SMILES string of the molecule is COCO[C@@]12CC[C@@](C)(C(=O)C1)[C@H]([C@@H]1COC(C)(C)O1)[C@H]2C(=O)OC. The maximum atomic E-state index is 13.0. The normalized spacial score (nSPS) is 42.6. The summed E-state index contributed by atoms with van der Waals surface area (Å²) in [5.74, 6) is -1.94. The van der Waals surface area contributed by atoms with E-state index < -0.39 is 22.7 Å². The van der Waals surface area contributed by atoms with Gasteiger partial charge in [-0.15, -0.1) is 0 Å². The van der Waals surface area contributed by atoms with Gasteiger partial charge in [0.2, 0.25) is 0 Å². The van der Waals surface area contributed by atoms with Crippen molar-refractivity contribution in [3.63, 3.8) is 0 Å². The largest absolute Gasteiger partial charge is 0.469 e. The molecule has 2 bridgehead atoms. The molecule has 0 aromatic rings. The summed E-state index contributed by atoms with van der Waals surface area (Å²) in [7, 11) is 2.89. The zero-order valence-corrected chi connectivity index (χ0v) is 15.6. The molecule has 1 heterocycles. The van der Waals surface area contributed by atoms with E-state index in [9.17, 15) is 9.59 Å². The van der Waals surface area contributed by atoms with Crippen molar-refractivity contribution >= 4 is 11.8 Å². The maximum Gasteiger partial charge on any atom is 0.312 e. The summed E-state index contributed by atoms with van der Waals surface area (Å²) in [5, 5.41) is 0. The van der Waals surface area contributed by atoms with Crippen LogP contribution in [0.4, 0.5) is 0 Å². The zero-order chi connectivity index (χ0) is 18.5. The third kappa shape index (κ3) is 2.91. The summed E-state index contributed by atoms with van der Waals surface area (Å²) in [6.45, 7) is 5.97. The Kier molecular flexibility index (Phi) is 4.73. The monoisotopic (exact) mass is 356 g/mol. The number of ketones is 1. The topological polar surface area (TPSA) is 80.3 Å². The number of carbonyl (C=O) groups excluding carboxylic acids is 2. The summed E-state index contributed by atoms with van der Waals surface area (Å²) in [6.07, 6.45) is 1.10. The molecule has 142 valence electrons. The fourth-order valence-electron chi connectivity index (χ4n) is 4.88. The minimum absolute atomic E-state index is 0.0255. The highest BCUT2D eigenvalue weighted by atomic mass is 16.7. The van der Waals surface area contributed by atoms with Gasteiger partial charge in [-0.1, -0.05) is 6.92 Å². The van der Waals surface area contributed by atoms with E-state index >= 15 is 0 Å². The van der Waals surface area contributed by atoms with Crippen molar-refractivity contribution in [1.29, 1.82) is 0 Å². The Morgan fingerprint density at radius 1 is 1.24 bits per heavy atom. The van der Waals surface area contributed by atoms with Crippen molar-refractivity contribution in [2.24, 2.45) is 17.3 Å². The molecule has 1 saturated heterocycles. The predicted octanol–water partition coefficient (Wildman–Crippen LogP) is 1.68. The van der Waals surface area contributed by atoms with E-state index in [2.05, 4.69) is 0 Å². The summed E-state index contributed by atoms with van der Waals surface area (Å²) in [6, 6.07) is 0. The minimum atomic E-state index is -0.904. The van der Waals surface area contributed by atoms with Gasteiger partial charge in [-0.25, -0.2) is 0 Å². The standard InChI is InChI=1S/C18H28O7/c1-16(2)23-9-11(25-16)13-14(15(20)22-5)18(24-10-21-4)7-6-17(13,3)12(19)8-18/h11,13-14H,6-10H2,1-5H3/t11-,13+,14-,17-,18-/m0/s1. The van der Waals surface area contributed by atoms with E-state index in [0.717, 1.165) is 0 Å². The molecule has 7 nitrogen and oxygen atoms in total. The molecule has 0 amide bonds. The molecule has 0 aromatic carbocycles. The van der Waals surface area contributed by atoms with Crippen molar-refractivity contribution in [2.75, 3.05) is 27.6 Å². The van der Waals surface area contributed by atoms with Gasteiger partial charge in [0.25, 0.3) is 0 Å². The molecule has 7 heteroatoms. The van der Waals surface area contributed by atoms with Crippen molar-refractivity contribution in [1.82, 2.24) is 0 Å². The quantitative estimate of drug-likeness (QED) is 0.547. The van der Waals surface area contributed by atoms with Crippen molar-refractivity contribution in [3.05, 3.63) is 0 Å². The second-order valence-corrected chi connectivity index (χ2v) is 8.03. The Morgan fingerprint density at radius 3 is 2.48 bits per heavy atom. The molecule has 1 aliphatic heterocycles. The van der Waals surface area contributed by atoms with Crippen LogP contribution in [0.25, 0.3) is 0 Å². The number of ether oxygens (including phenoxy) is 5. The predicted molar refractivity (Wildman–Crippen MR) is 86.6 cm³/mol. The molecular weight excluding hydrogens is 328 g/mol. The molecule has 0 aromatic heterocycles. The van der Waals surface area contributed by atoms with Gasteiger partial charge in [-0.05, 0) is 26.7 Å². The van der Waals surface area contributed by atoms with Crippen molar-refractivity contribution in [3.8, 4) is 0 Å². The van der Waals surface area contributed by atoms with E-state index in [1.165, 1.54) is 14.2 Å². The van der Waals surface area contributed by atoms with Crippen LogP contribution < -0.4 is 0 Å². The molecule has 4 aliphatic rings. The average molecular weight is 356 g/mol. The Balaban J connectivity index is 2.02. The number of Topliss-reactive ketones (excluding diaryl/α,β-unsaturated/α-hetero) is 1. The first-order chi connectivity index (χ1) is 11.7. The smallest absolute Gasteiger partial charge is 0.312 e. The van der Waals surface area contributed by atoms with Gasteiger partial charge in [0, 0.05) is 24.9 Å². The first-order valence-electron chi connectivity index (χ1n) is 8.75. The van der Waals surface area contributed by atoms with Gasteiger partial charge in [-0.2, -0.15) is 0 Å². The van der Waals surface area contributed by atoms with Crippen LogP contribution in [0.5, 0.6) is 0 Å². The van der Waals surface area contributed by atoms with Crippen LogP contribution >= 0.6 is 0 Å². The Hall–Kier alpha value is -1.02. The van der Waals surface area contributed by atoms with E-state index in [1.54, 1.807) is 0 Å². The molecule has 25 heavy (non-hydrogen) atoms. The van der Waals surface area contributed by atoms with Crippen molar-refractivity contribution in [2.45, 2.75) is 57.5 Å². The van der Waals surface area contributed by atoms with E-state index in [0.29, 0.717) is 19.4 Å². The number of hydrogen-bond acceptors (Lipinski definition) is 7. The minimum Gasteiger partial charge on any atom is -0.469 e. The van der Waals surface area contributed by atoms with Crippen LogP contribution in [0, 0.1) is 17.3 Å². The molecule has 0 unspecified atom stereocenters. The van der Waals surface area contributed by atoms with Crippen LogP contribution in [0.2, 0.25) is 0 Å². The highest BCUT2D eigenvalue weighted by Gasteiger charge is 2.68. The number of rotatable bonds is 5. The second kappa shape index (κ2) is 6.30. The molecule has 5 atom stereocenters. The number of hydrogen-bond donors (Lipinski definition) is 0. The lowest BCUT2D eigenvalue weighted by Gasteiger charge is -2.59. The Morgan fingerprint density at radius 2 is 1.96 bits per heavy atom. The highest BCUT2D eigenvalue weighted by Crippen LogP contribution is 2.60. The molecular formula is C18H28O7. The van der Waals surface area contributed by atoms with Crippen LogP contribution in [0.15, 0.2) is 0 Å². The van der Waals surface area contributed by atoms with Gasteiger partial charge in [-0.3, -0.25) is 9.59 Å². The third-order valence-corrected chi connectivity index (χ3v) is 6.18. The van der Waals surface area contributed by atoms with Gasteiger partial charge in [0.1, 0.15) is 12.6 Å². The van der Waals surface area contributed by atoms with Gasteiger partial charge in [0.05, 0.1) is 31.3 Å². The summed E-state index contributed by atoms with van der Waals surface area (Å²) >= 11 is 0.